The normalized spacial score (nSPS) is 10.7. The van der Waals surface area contributed by atoms with E-state index in [1.807, 2.05) is 43.8 Å². The Bertz CT molecular complexity index is 507. The number of anilines is 2. The Morgan fingerprint density at radius 2 is 2.28 bits per heavy atom. The van der Waals surface area contributed by atoms with Crippen molar-refractivity contribution < 1.29 is 4.74 Å². The van der Waals surface area contributed by atoms with Crippen molar-refractivity contribution in [2.45, 2.75) is 33.4 Å². The number of hydrogen-bond donors (Lipinski definition) is 1. The molecule has 2 rings (SSSR count). The lowest BCUT2D eigenvalue weighted by molar-refractivity contribution is 0.243. The molecule has 0 unspecified atom stereocenters. The maximum Gasteiger partial charge on any atom is 0.173 e. The second-order valence-corrected chi connectivity index (χ2v) is 4.23. The van der Waals surface area contributed by atoms with Gasteiger partial charge in [-0.25, -0.2) is 4.98 Å². The number of pyridine rings is 1. The topological polar surface area (TPSA) is 52.0 Å². The van der Waals surface area contributed by atoms with E-state index in [1.165, 1.54) is 0 Å². The van der Waals surface area contributed by atoms with E-state index in [2.05, 4.69) is 15.4 Å². The van der Waals surface area contributed by atoms with Crippen molar-refractivity contribution in [1.29, 1.82) is 0 Å². The molecule has 0 fully saturated rings. The molecule has 0 amide bonds. The van der Waals surface area contributed by atoms with Gasteiger partial charge in [-0.05, 0) is 32.9 Å². The Labute approximate surface area is 107 Å². The Balaban J connectivity index is 2.17. The smallest absolute Gasteiger partial charge is 0.173 e. The molecular weight excluding hydrogens is 228 g/mol. The molecule has 2 aromatic heterocycles. The minimum atomic E-state index is 0.119. The highest BCUT2D eigenvalue weighted by Gasteiger charge is 2.07. The van der Waals surface area contributed by atoms with E-state index in [0.29, 0.717) is 5.82 Å². The van der Waals surface area contributed by atoms with Crippen LogP contribution in [0.5, 0.6) is 5.75 Å². The van der Waals surface area contributed by atoms with Crippen LogP contribution in [-0.2, 0) is 6.54 Å². The van der Waals surface area contributed by atoms with Gasteiger partial charge in [0.05, 0.1) is 18.0 Å². The molecule has 0 aliphatic heterocycles. The largest absolute Gasteiger partial charge is 0.487 e. The zero-order chi connectivity index (χ0) is 13.0. The second-order valence-electron chi connectivity index (χ2n) is 4.23. The third kappa shape index (κ3) is 3.00. The van der Waals surface area contributed by atoms with Crippen molar-refractivity contribution >= 4 is 11.5 Å². The molecule has 0 aliphatic rings. The molecule has 0 radical (unpaired) electrons. The van der Waals surface area contributed by atoms with E-state index in [4.69, 9.17) is 4.74 Å². The quantitative estimate of drug-likeness (QED) is 0.881. The maximum absolute atomic E-state index is 5.70. The molecule has 2 aromatic rings. The summed E-state index contributed by atoms with van der Waals surface area (Å²) in [5, 5.41) is 7.42. The Kier molecular flexibility index (Phi) is 3.82. The number of nitrogens with zero attached hydrogens (tertiary/aromatic N) is 3. The summed E-state index contributed by atoms with van der Waals surface area (Å²) in [5.74, 6) is 1.46. The van der Waals surface area contributed by atoms with Crippen LogP contribution in [0.25, 0.3) is 0 Å². The summed E-state index contributed by atoms with van der Waals surface area (Å²) in [6.45, 7) is 6.88. The monoisotopic (exact) mass is 246 g/mol. The third-order valence-electron chi connectivity index (χ3n) is 2.35. The number of aromatic nitrogens is 3. The molecule has 18 heavy (non-hydrogen) atoms. The van der Waals surface area contributed by atoms with Crippen molar-refractivity contribution in [3.8, 4) is 5.75 Å². The van der Waals surface area contributed by atoms with Crippen LogP contribution in [0.1, 0.15) is 20.8 Å². The van der Waals surface area contributed by atoms with Crippen molar-refractivity contribution in [1.82, 2.24) is 14.8 Å². The molecule has 0 aliphatic carbocycles. The first-order valence-corrected chi connectivity index (χ1v) is 6.10. The molecule has 5 nitrogen and oxygen atoms in total. The van der Waals surface area contributed by atoms with Crippen molar-refractivity contribution in [3.63, 3.8) is 0 Å². The summed E-state index contributed by atoms with van der Waals surface area (Å²) in [6, 6.07) is 3.76. The van der Waals surface area contributed by atoms with Crippen LogP contribution in [-0.4, -0.2) is 20.9 Å². The lowest BCUT2D eigenvalue weighted by Gasteiger charge is -2.13. The lowest BCUT2D eigenvalue weighted by atomic mass is 10.4. The van der Waals surface area contributed by atoms with Gasteiger partial charge in [-0.3, -0.25) is 4.68 Å². The summed E-state index contributed by atoms with van der Waals surface area (Å²) in [5.41, 5.74) is 0.907. The molecule has 5 heteroatoms. The minimum absolute atomic E-state index is 0.119. The van der Waals surface area contributed by atoms with Crippen LogP contribution < -0.4 is 10.1 Å². The molecule has 0 atom stereocenters. The van der Waals surface area contributed by atoms with Crippen molar-refractivity contribution in [3.05, 3.63) is 30.7 Å². The first kappa shape index (κ1) is 12.4. The fourth-order valence-electron chi connectivity index (χ4n) is 1.57. The molecule has 2 heterocycles. The first-order chi connectivity index (χ1) is 8.69. The third-order valence-corrected chi connectivity index (χ3v) is 2.35. The van der Waals surface area contributed by atoms with Gasteiger partial charge in [-0.2, -0.15) is 5.10 Å². The average molecular weight is 246 g/mol. The van der Waals surface area contributed by atoms with Crippen LogP contribution in [0, 0.1) is 0 Å². The Hall–Kier alpha value is -2.04. The number of aryl methyl sites for hydroxylation is 1. The van der Waals surface area contributed by atoms with Gasteiger partial charge < -0.3 is 10.1 Å². The summed E-state index contributed by atoms with van der Waals surface area (Å²) in [7, 11) is 0. The zero-order valence-corrected chi connectivity index (χ0v) is 10.9. The molecule has 0 saturated heterocycles. The molecule has 0 aromatic carbocycles. The number of nitrogens with one attached hydrogen (secondary N) is 1. The molecule has 0 saturated carbocycles. The van der Waals surface area contributed by atoms with Gasteiger partial charge >= 0.3 is 0 Å². The number of rotatable bonds is 5. The molecule has 0 spiro atoms. The summed E-state index contributed by atoms with van der Waals surface area (Å²) in [6.07, 6.45) is 5.57. The summed E-state index contributed by atoms with van der Waals surface area (Å²) in [4.78, 5) is 4.29. The van der Waals surface area contributed by atoms with E-state index in [0.717, 1.165) is 18.0 Å². The molecular formula is C13H18N4O. The van der Waals surface area contributed by atoms with E-state index < -0.39 is 0 Å². The van der Waals surface area contributed by atoms with Gasteiger partial charge in [-0.15, -0.1) is 0 Å². The lowest BCUT2D eigenvalue weighted by Crippen LogP contribution is -2.08. The highest BCUT2D eigenvalue weighted by molar-refractivity contribution is 5.60. The van der Waals surface area contributed by atoms with Crippen LogP contribution in [0.3, 0.4) is 0 Å². The first-order valence-electron chi connectivity index (χ1n) is 6.10. The number of hydrogen-bond acceptors (Lipinski definition) is 4. The molecule has 1 N–H and O–H groups in total. The summed E-state index contributed by atoms with van der Waals surface area (Å²) < 4.78 is 7.55. The van der Waals surface area contributed by atoms with Gasteiger partial charge in [0.25, 0.3) is 0 Å². The van der Waals surface area contributed by atoms with Crippen LogP contribution >= 0.6 is 0 Å². The van der Waals surface area contributed by atoms with E-state index in [9.17, 15) is 0 Å². The number of ether oxygens (including phenoxy) is 1. The maximum atomic E-state index is 5.70. The van der Waals surface area contributed by atoms with Gasteiger partial charge in [0.15, 0.2) is 11.6 Å². The Morgan fingerprint density at radius 1 is 1.44 bits per heavy atom. The van der Waals surface area contributed by atoms with Crippen molar-refractivity contribution in [2.24, 2.45) is 0 Å². The van der Waals surface area contributed by atoms with E-state index in [-0.39, 0.29) is 6.10 Å². The predicted molar refractivity (Wildman–Crippen MR) is 71.2 cm³/mol. The molecule has 0 bridgehead atoms. The zero-order valence-electron chi connectivity index (χ0n) is 10.9. The van der Waals surface area contributed by atoms with Gasteiger partial charge in [0.1, 0.15) is 0 Å². The highest BCUT2D eigenvalue weighted by atomic mass is 16.5. The second kappa shape index (κ2) is 5.53. The Morgan fingerprint density at radius 3 is 2.94 bits per heavy atom. The summed E-state index contributed by atoms with van der Waals surface area (Å²) >= 11 is 0. The van der Waals surface area contributed by atoms with Crippen LogP contribution in [0.4, 0.5) is 11.5 Å². The van der Waals surface area contributed by atoms with Crippen LogP contribution in [0.2, 0.25) is 0 Å². The van der Waals surface area contributed by atoms with E-state index >= 15 is 0 Å². The fraction of sp³-hybridized carbons (Fsp3) is 0.385. The fourth-order valence-corrected chi connectivity index (χ4v) is 1.57. The molecule has 96 valence electrons. The average Bonchev–Trinajstić information content (AvgIpc) is 2.79. The SMILES string of the molecule is CCn1cc(Nc2ncccc2OC(C)C)cn1. The van der Waals surface area contributed by atoms with Crippen molar-refractivity contribution in [2.75, 3.05) is 5.32 Å². The minimum Gasteiger partial charge on any atom is -0.487 e. The van der Waals surface area contributed by atoms with Gasteiger partial charge in [-0.1, -0.05) is 0 Å². The predicted octanol–water partition coefficient (Wildman–Crippen LogP) is 2.83. The van der Waals surface area contributed by atoms with Gasteiger partial charge in [0.2, 0.25) is 0 Å². The highest BCUT2D eigenvalue weighted by Crippen LogP contribution is 2.25. The van der Waals surface area contributed by atoms with E-state index in [1.54, 1.807) is 12.4 Å². The van der Waals surface area contributed by atoms with Gasteiger partial charge in [0, 0.05) is 18.9 Å². The standard InChI is InChI=1S/C13H18N4O/c1-4-17-9-11(8-15-17)16-13-12(18-10(2)3)6-5-7-14-13/h5-10H,4H2,1-3H3,(H,14,16). The van der Waals surface area contributed by atoms with Crippen LogP contribution in [0.15, 0.2) is 30.7 Å².